The number of rotatable bonds is 6. The van der Waals surface area contributed by atoms with Gasteiger partial charge in [-0.2, -0.15) is 0 Å². The molecule has 0 aliphatic heterocycles. The van der Waals surface area contributed by atoms with Gasteiger partial charge in [-0.05, 0) is 12.1 Å². The lowest BCUT2D eigenvalue weighted by atomic mass is 10.1. The SMILES string of the molecule is O=c1c2cc3c(=O)n(CC(O)CO)c(=O)c3cc2c(=O)n1CC(O)CO. The number of aliphatic hydroxyl groups is 4. The van der Waals surface area contributed by atoms with Gasteiger partial charge >= 0.3 is 0 Å². The minimum Gasteiger partial charge on any atom is -0.394 e. The summed E-state index contributed by atoms with van der Waals surface area (Å²) in [5, 5.41) is 36.4. The topological polar surface area (TPSA) is 159 Å². The van der Waals surface area contributed by atoms with Crippen molar-refractivity contribution < 1.29 is 20.4 Å². The summed E-state index contributed by atoms with van der Waals surface area (Å²) >= 11 is 0. The third kappa shape index (κ3) is 2.69. The van der Waals surface area contributed by atoms with E-state index >= 15 is 0 Å². The summed E-state index contributed by atoms with van der Waals surface area (Å²) in [6.45, 7) is -2.10. The van der Waals surface area contributed by atoms with Gasteiger partial charge in [0.2, 0.25) is 0 Å². The first-order valence-electron chi connectivity index (χ1n) is 7.78. The molecule has 2 atom stereocenters. The van der Waals surface area contributed by atoms with E-state index in [1.807, 2.05) is 0 Å². The maximum atomic E-state index is 12.4. The van der Waals surface area contributed by atoms with E-state index < -0.39 is 60.7 Å². The van der Waals surface area contributed by atoms with Crippen molar-refractivity contribution in [2.45, 2.75) is 25.3 Å². The molecule has 10 nitrogen and oxygen atoms in total. The van der Waals surface area contributed by atoms with Gasteiger partial charge in [-0.1, -0.05) is 0 Å². The highest BCUT2D eigenvalue weighted by Crippen LogP contribution is 2.14. The van der Waals surface area contributed by atoms with Gasteiger partial charge in [-0.15, -0.1) is 0 Å². The Kier molecular flexibility index (Phi) is 4.59. The van der Waals surface area contributed by atoms with Crippen LogP contribution in [0, 0.1) is 0 Å². The van der Waals surface area contributed by atoms with Crippen molar-refractivity contribution in [1.29, 1.82) is 0 Å². The Morgan fingerprint density at radius 3 is 1.15 bits per heavy atom. The molecule has 2 heterocycles. The number of fused-ring (bicyclic) bond motifs is 2. The molecule has 2 unspecified atom stereocenters. The zero-order valence-electron chi connectivity index (χ0n) is 13.5. The van der Waals surface area contributed by atoms with Crippen LogP contribution in [0.25, 0.3) is 21.5 Å². The quantitative estimate of drug-likeness (QED) is 0.352. The lowest BCUT2D eigenvalue weighted by molar-refractivity contribution is 0.0800. The molecular formula is C16H16N2O8. The largest absolute Gasteiger partial charge is 0.394 e. The van der Waals surface area contributed by atoms with Gasteiger partial charge in [0.15, 0.2) is 0 Å². The van der Waals surface area contributed by atoms with Crippen LogP contribution in [0.4, 0.5) is 0 Å². The molecule has 0 spiro atoms. The van der Waals surface area contributed by atoms with E-state index in [-0.39, 0.29) is 21.5 Å². The first-order valence-corrected chi connectivity index (χ1v) is 7.78. The molecule has 1 aromatic carbocycles. The van der Waals surface area contributed by atoms with E-state index in [4.69, 9.17) is 10.2 Å². The van der Waals surface area contributed by atoms with Crippen molar-refractivity contribution in [1.82, 2.24) is 9.13 Å². The van der Waals surface area contributed by atoms with E-state index in [9.17, 15) is 29.4 Å². The lowest BCUT2D eigenvalue weighted by Crippen LogP contribution is -2.33. The molecule has 0 amide bonds. The summed E-state index contributed by atoms with van der Waals surface area (Å²) in [6, 6.07) is 2.28. The van der Waals surface area contributed by atoms with Crippen LogP contribution in [0.2, 0.25) is 0 Å². The molecule has 3 aromatic rings. The van der Waals surface area contributed by atoms with Gasteiger partial charge in [0.1, 0.15) is 0 Å². The first-order chi connectivity index (χ1) is 12.3. The molecule has 0 aliphatic rings. The van der Waals surface area contributed by atoms with Gasteiger partial charge in [0.25, 0.3) is 22.2 Å². The van der Waals surface area contributed by atoms with E-state index in [1.54, 1.807) is 0 Å². The lowest BCUT2D eigenvalue weighted by Gasteiger charge is -2.05. The fraction of sp³-hybridized carbons (Fsp3) is 0.375. The van der Waals surface area contributed by atoms with Gasteiger partial charge in [-0.3, -0.25) is 28.3 Å². The van der Waals surface area contributed by atoms with E-state index in [1.165, 1.54) is 0 Å². The third-order valence-corrected chi connectivity index (χ3v) is 4.27. The number of aliphatic hydroxyl groups excluding tert-OH is 4. The second kappa shape index (κ2) is 6.57. The molecule has 10 heteroatoms. The van der Waals surface area contributed by atoms with E-state index in [0.29, 0.717) is 0 Å². The number of aromatic nitrogens is 2. The smallest absolute Gasteiger partial charge is 0.261 e. The second-order valence-corrected chi connectivity index (χ2v) is 6.06. The van der Waals surface area contributed by atoms with Crippen LogP contribution in [0.15, 0.2) is 31.3 Å². The summed E-state index contributed by atoms with van der Waals surface area (Å²) < 4.78 is 1.48. The van der Waals surface area contributed by atoms with Gasteiger partial charge < -0.3 is 20.4 Å². The van der Waals surface area contributed by atoms with E-state index in [2.05, 4.69) is 0 Å². The monoisotopic (exact) mass is 364 g/mol. The van der Waals surface area contributed by atoms with Crippen molar-refractivity contribution in [3.8, 4) is 0 Å². The Morgan fingerprint density at radius 1 is 0.654 bits per heavy atom. The molecule has 0 saturated carbocycles. The molecule has 0 saturated heterocycles. The maximum absolute atomic E-state index is 12.4. The predicted molar refractivity (Wildman–Crippen MR) is 91.1 cm³/mol. The summed E-state index contributed by atoms with van der Waals surface area (Å²) in [6.07, 6.45) is -2.61. The molecule has 26 heavy (non-hydrogen) atoms. The molecule has 3 rings (SSSR count). The normalized spacial score (nSPS) is 14.3. The first kappa shape index (κ1) is 18.1. The van der Waals surface area contributed by atoms with Crippen molar-refractivity contribution in [2.75, 3.05) is 13.2 Å². The number of hydrogen-bond acceptors (Lipinski definition) is 8. The van der Waals surface area contributed by atoms with E-state index in [0.717, 1.165) is 21.3 Å². The average molecular weight is 364 g/mol. The Hall–Kier alpha value is -2.66. The van der Waals surface area contributed by atoms with Crippen molar-refractivity contribution in [3.05, 3.63) is 53.5 Å². The van der Waals surface area contributed by atoms with Crippen molar-refractivity contribution >= 4 is 21.5 Å². The Labute approximate surface area is 144 Å². The van der Waals surface area contributed by atoms with Gasteiger partial charge in [-0.25, -0.2) is 0 Å². The average Bonchev–Trinajstić information content (AvgIpc) is 3.00. The van der Waals surface area contributed by atoms with Gasteiger partial charge in [0, 0.05) is 0 Å². The number of hydrogen-bond donors (Lipinski definition) is 4. The summed E-state index contributed by atoms with van der Waals surface area (Å²) in [5.41, 5.74) is -2.97. The fourth-order valence-electron chi connectivity index (χ4n) is 2.94. The Bertz CT molecular complexity index is 1010. The van der Waals surface area contributed by atoms with Crippen LogP contribution >= 0.6 is 0 Å². The zero-order chi connectivity index (χ0) is 19.2. The minimum absolute atomic E-state index is 0.0791. The maximum Gasteiger partial charge on any atom is 0.261 e. The van der Waals surface area contributed by atoms with Crippen LogP contribution in [-0.2, 0) is 13.1 Å². The van der Waals surface area contributed by atoms with Gasteiger partial charge in [0.05, 0.1) is 60.1 Å². The molecule has 0 radical (unpaired) electrons. The van der Waals surface area contributed by atoms with Crippen LogP contribution in [-0.4, -0.2) is 55.0 Å². The highest BCUT2D eigenvalue weighted by atomic mass is 16.3. The molecule has 2 aromatic heterocycles. The van der Waals surface area contributed by atoms with Crippen LogP contribution < -0.4 is 22.2 Å². The standard InChI is InChI=1S/C16H16N2O8/c19-5-7(21)3-17-13(23)9-1-10-12(2-11(9)15(17)25)16(26)18(14(10)24)4-8(22)6-20/h1-2,7-8,19-22H,3-6H2. The molecule has 4 N–H and O–H groups in total. The molecular weight excluding hydrogens is 348 g/mol. The Morgan fingerprint density at radius 2 is 0.923 bits per heavy atom. The highest BCUT2D eigenvalue weighted by molar-refractivity contribution is 5.97. The minimum atomic E-state index is -1.30. The predicted octanol–water partition coefficient (Wildman–Crippen LogP) is -3.38. The fourth-order valence-corrected chi connectivity index (χ4v) is 2.94. The van der Waals surface area contributed by atoms with Crippen LogP contribution in [0.1, 0.15) is 0 Å². The molecule has 0 bridgehead atoms. The highest BCUT2D eigenvalue weighted by Gasteiger charge is 2.21. The molecule has 0 aliphatic carbocycles. The summed E-state index contributed by atoms with van der Waals surface area (Å²) in [7, 11) is 0. The zero-order valence-corrected chi connectivity index (χ0v) is 13.5. The Balaban J connectivity index is 2.28. The number of nitrogens with zero attached hydrogens (tertiary/aromatic N) is 2. The van der Waals surface area contributed by atoms with Crippen molar-refractivity contribution in [3.63, 3.8) is 0 Å². The van der Waals surface area contributed by atoms with Crippen LogP contribution in [0.3, 0.4) is 0 Å². The van der Waals surface area contributed by atoms with Crippen LogP contribution in [0.5, 0.6) is 0 Å². The molecule has 0 fully saturated rings. The molecule has 138 valence electrons. The summed E-state index contributed by atoms with van der Waals surface area (Å²) in [4.78, 5) is 49.5. The van der Waals surface area contributed by atoms with Crippen molar-refractivity contribution in [2.24, 2.45) is 0 Å². The number of benzene rings is 1. The second-order valence-electron chi connectivity index (χ2n) is 6.06. The summed E-state index contributed by atoms with van der Waals surface area (Å²) in [5.74, 6) is 0. The third-order valence-electron chi connectivity index (χ3n) is 4.27.